The molecule has 27 heteroatoms. The summed E-state index contributed by atoms with van der Waals surface area (Å²) in [5, 5.41) is 51.8. The van der Waals surface area contributed by atoms with E-state index < -0.39 is 120 Å². The van der Waals surface area contributed by atoms with Crippen LogP contribution in [0.3, 0.4) is 0 Å². The highest BCUT2D eigenvalue weighted by Crippen LogP contribution is 2.15. The van der Waals surface area contributed by atoms with Gasteiger partial charge in [0.15, 0.2) is 12.0 Å². The lowest BCUT2D eigenvalue weighted by Crippen LogP contribution is -2.62. The number of aromatic hydroxyl groups is 1. The highest BCUT2D eigenvalue weighted by molar-refractivity contribution is 7.80. The zero-order valence-corrected chi connectivity index (χ0v) is 41.5. The Balaban J connectivity index is 2.41. The predicted molar refractivity (Wildman–Crippen MR) is 262 cm³/mol. The first-order valence-electron chi connectivity index (χ1n) is 22.9. The number of thiol groups is 1. The molecule has 394 valence electrons. The van der Waals surface area contributed by atoms with Crippen molar-refractivity contribution in [2.75, 3.05) is 32.4 Å². The maximum absolute atomic E-state index is 14.4. The van der Waals surface area contributed by atoms with Gasteiger partial charge in [0.05, 0.1) is 25.5 Å². The molecule has 2 aromatic rings. The topological polar surface area (TPSA) is 416 Å². The van der Waals surface area contributed by atoms with Crippen LogP contribution in [0, 0.1) is 11.8 Å². The number of hydrogen-bond acceptors (Lipinski definition) is 15. The SMILES string of the molecule is CC[C@H](C)[C@H](NC(=O)[C@H](Cc1ccc(O)cc1)NC(=O)[C@@H](NC(=O)[C@H](CCCN=C(N)N)NC(=O)CNC)C(C)C)C(=O)N[C@@H](Cc1cnc[nH]1)C(=O)N[C@@H](CS)C(=O)NCC(=O)N[C@H](C(=O)O)[C@@H](C)O. The van der Waals surface area contributed by atoms with Gasteiger partial charge in [-0.1, -0.05) is 46.2 Å². The first kappa shape index (κ1) is 60.1. The highest BCUT2D eigenvalue weighted by Gasteiger charge is 2.36. The van der Waals surface area contributed by atoms with Crippen molar-refractivity contribution in [3.63, 3.8) is 0 Å². The van der Waals surface area contributed by atoms with Crippen molar-refractivity contribution in [3.05, 3.63) is 48.0 Å². The molecule has 1 aromatic carbocycles. The van der Waals surface area contributed by atoms with Crippen LogP contribution in [0.15, 0.2) is 41.8 Å². The third-order valence-electron chi connectivity index (χ3n) is 10.9. The number of nitrogens with one attached hydrogen (secondary N) is 10. The minimum atomic E-state index is -1.65. The van der Waals surface area contributed by atoms with Gasteiger partial charge in [-0.2, -0.15) is 12.6 Å². The van der Waals surface area contributed by atoms with E-state index in [4.69, 9.17) is 11.5 Å². The number of phenolic OH excluding ortho intramolecular Hbond substituents is 1. The highest BCUT2D eigenvalue weighted by atomic mass is 32.1. The fraction of sp³-hybridized carbons (Fsp3) is 0.568. The van der Waals surface area contributed by atoms with Gasteiger partial charge >= 0.3 is 5.97 Å². The number of carboxylic acid groups (broad SMARTS) is 1. The van der Waals surface area contributed by atoms with E-state index in [9.17, 15) is 58.5 Å². The van der Waals surface area contributed by atoms with Crippen molar-refractivity contribution >= 4 is 71.8 Å². The van der Waals surface area contributed by atoms with Gasteiger partial charge in [0.1, 0.15) is 42.0 Å². The monoisotopic (exact) mass is 1020 g/mol. The lowest BCUT2D eigenvalue weighted by molar-refractivity contribution is -0.144. The summed E-state index contributed by atoms with van der Waals surface area (Å²) in [4.78, 5) is 131. The van der Waals surface area contributed by atoms with Crippen molar-refractivity contribution in [2.24, 2.45) is 28.3 Å². The number of benzene rings is 1. The maximum Gasteiger partial charge on any atom is 0.328 e. The van der Waals surface area contributed by atoms with Crippen LogP contribution in [0.5, 0.6) is 5.75 Å². The van der Waals surface area contributed by atoms with Crippen molar-refractivity contribution in [2.45, 2.75) is 115 Å². The van der Waals surface area contributed by atoms with E-state index >= 15 is 0 Å². The Morgan fingerprint density at radius 1 is 0.718 bits per heavy atom. The third kappa shape index (κ3) is 21.3. The number of likely N-dealkylation sites (N-methyl/N-ethyl adjacent to an activating group) is 1. The number of carbonyl (C=O) groups is 9. The molecule has 0 bridgehead atoms. The van der Waals surface area contributed by atoms with Crippen molar-refractivity contribution in [1.29, 1.82) is 0 Å². The maximum atomic E-state index is 14.4. The normalized spacial score (nSPS) is 14.8. The molecule has 17 N–H and O–H groups in total. The molecule has 0 saturated carbocycles. The summed E-state index contributed by atoms with van der Waals surface area (Å²) >= 11 is 4.16. The fourth-order valence-corrected chi connectivity index (χ4v) is 6.98. The molecule has 26 nitrogen and oxygen atoms in total. The molecule has 0 fully saturated rings. The van der Waals surface area contributed by atoms with Gasteiger partial charge in [-0.3, -0.25) is 43.3 Å². The Bertz CT molecular complexity index is 2120. The molecule has 9 atom stereocenters. The molecule has 0 aliphatic carbocycles. The van der Waals surface area contributed by atoms with E-state index in [0.717, 1.165) is 6.92 Å². The first-order valence-corrected chi connectivity index (χ1v) is 23.5. The smallest absolute Gasteiger partial charge is 0.328 e. The largest absolute Gasteiger partial charge is 0.508 e. The molecule has 0 saturated heterocycles. The number of H-pyrrole nitrogens is 1. The molecule has 71 heavy (non-hydrogen) atoms. The molecule has 0 unspecified atom stereocenters. The number of carboxylic acids is 1. The summed E-state index contributed by atoms with van der Waals surface area (Å²) in [6.07, 6.45) is 1.69. The molecule has 0 radical (unpaired) electrons. The molecule has 0 spiro atoms. The number of rotatable bonds is 31. The van der Waals surface area contributed by atoms with Crippen molar-refractivity contribution in [3.8, 4) is 5.75 Å². The van der Waals surface area contributed by atoms with Crippen LogP contribution < -0.4 is 59.3 Å². The van der Waals surface area contributed by atoms with Crippen LogP contribution >= 0.6 is 12.6 Å². The zero-order valence-electron chi connectivity index (χ0n) is 40.6. The summed E-state index contributed by atoms with van der Waals surface area (Å²) in [5.41, 5.74) is 11.7. The molecule has 1 heterocycles. The van der Waals surface area contributed by atoms with Crippen molar-refractivity contribution in [1.82, 2.24) is 57.8 Å². The molecule has 0 aliphatic heterocycles. The zero-order chi connectivity index (χ0) is 53.4. The van der Waals surface area contributed by atoms with Crippen molar-refractivity contribution < 1.29 is 58.5 Å². The summed E-state index contributed by atoms with van der Waals surface area (Å²) < 4.78 is 0. The molecule has 0 aliphatic rings. The molecule has 8 amide bonds. The van der Waals surface area contributed by atoms with E-state index in [1.165, 1.54) is 36.8 Å². The number of aliphatic hydroxyl groups excluding tert-OH is 1. The molecule has 2 rings (SSSR count). The number of phenols is 1. The number of guanidine groups is 1. The van der Waals surface area contributed by atoms with Gasteiger partial charge in [-0.15, -0.1) is 0 Å². The number of nitrogens with two attached hydrogens (primary N) is 2. The second kappa shape index (κ2) is 30.6. The number of aliphatic hydroxyl groups is 1. The Labute approximate surface area is 416 Å². The summed E-state index contributed by atoms with van der Waals surface area (Å²) in [6, 6.07) is -3.67. The van der Waals surface area contributed by atoms with E-state index in [2.05, 4.69) is 75.4 Å². The third-order valence-corrected chi connectivity index (χ3v) is 11.3. The standard InChI is InChI=1S/C44H70N14O12S/c1-7-23(4)35(42(68)54-30(16-26-17-48-21-51-26)39(65)55-31(20-71)37(63)50-19-33(62)56-36(24(5)59)43(69)70)58-40(66)29(15-25-10-12-27(60)13-11-25)53-41(67)34(22(2)3)57-38(64)28(52-32(61)18-47-6)9-8-14-49-44(45)46/h10-13,17,21-24,28-31,34-36,47,59-60,71H,7-9,14-16,18-20H2,1-6H3,(H,48,51)(H,50,63)(H,52,61)(H,53,67)(H,54,68)(H,55,65)(H,56,62)(H,57,64)(H,58,66)(H,69,70)(H4,45,46,49)/t23-,24+,28-,29-,30-,31-,34-,35-,36-/m0/s1. The Kier molecular flexibility index (Phi) is 25.9. The van der Waals surface area contributed by atoms with E-state index in [0.29, 0.717) is 24.1 Å². The van der Waals surface area contributed by atoms with E-state index in [-0.39, 0.29) is 49.8 Å². The number of imidazole rings is 1. The number of aromatic nitrogens is 2. The van der Waals surface area contributed by atoms with Gasteiger partial charge in [0.2, 0.25) is 47.3 Å². The van der Waals surface area contributed by atoms with Crippen LogP contribution in [0.4, 0.5) is 0 Å². The van der Waals surface area contributed by atoms with Gasteiger partial charge in [-0.25, -0.2) is 9.78 Å². The fourth-order valence-electron chi connectivity index (χ4n) is 6.72. The second-order valence-electron chi connectivity index (χ2n) is 17.1. The summed E-state index contributed by atoms with van der Waals surface area (Å²) in [5.74, 6) is -9.46. The Hall–Kier alpha value is -7.00. The Morgan fingerprint density at radius 3 is 1.82 bits per heavy atom. The summed E-state index contributed by atoms with van der Waals surface area (Å²) in [7, 11) is 1.55. The average Bonchev–Trinajstić information content (AvgIpc) is 3.83. The van der Waals surface area contributed by atoms with Crippen LogP contribution in [0.25, 0.3) is 0 Å². The van der Waals surface area contributed by atoms with Gasteiger partial charge in [0, 0.05) is 37.0 Å². The Morgan fingerprint density at radius 2 is 1.28 bits per heavy atom. The minimum Gasteiger partial charge on any atom is -0.508 e. The molecular weight excluding hydrogens is 949 g/mol. The number of nitrogens with zero attached hydrogens (tertiary/aromatic N) is 2. The van der Waals surface area contributed by atoms with E-state index in [1.807, 2.05) is 0 Å². The van der Waals surface area contributed by atoms with Gasteiger partial charge < -0.3 is 79.6 Å². The number of hydrogen-bond donors (Lipinski definition) is 16. The summed E-state index contributed by atoms with van der Waals surface area (Å²) in [6.45, 7) is 7.25. The van der Waals surface area contributed by atoms with Gasteiger partial charge in [-0.05, 0) is 56.3 Å². The predicted octanol–water partition coefficient (Wildman–Crippen LogP) is -4.22. The number of aliphatic carboxylic acids is 1. The number of aromatic amines is 1. The number of carbonyl (C=O) groups excluding carboxylic acids is 8. The second-order valence-corrected chi connectivity index (χ2v) is 17.4. The quantitative estimate of drug-likeness (QED) is 0.0147. The van der Waals surface area contributed by atoms with Gasteiger partial charge in [0.25, 0.3) is 0 Å². The number of aliphatic imine (C=N–C) groups is 1. The average molecular weight is 1020 g/mol. The first-order chi connectivity index (χ1) is 33.5. The van der Waals surface area contributed by atoms with E-state index in [1.54, 1.807) is 34.7 Å². The number of amides is 8. The lowest BCUT2D eigenvalue weighted by Gasteiger charge is -2.30. The van der Waals surface area contributed by atoms with Crippen LogP contribution in [-0.2, 0) is 56.0 Å². The van der Waals surface area contributed by atoms with Crippen LogP contribution in [0.1, 0.15) is 65.1 Å². The lowest BCUT2D eigenvalue weighted by atomic mass is 9.96. The molecular formula is C44H70N14O12S. The van der Waals surface area contributed by atoms with Crippen LogP contribution in [0.2, 0.25) is 0 Å². The molecule has 1 aromatic heterocycles. The van der Waals surface area contributed by atoms with Crippen LogP contribution in [-0.4, -0.2) is 165 Å². The minimum absolute atomic E-state index is 0.0633.